The van der Waals surface area contributed by atoms with E-state index >= 15 is 0 Å². The molecular formula is C22H25NO3S. The number of hydrogen-bond acceptors (Lipinski definition) is 5. The Morgan fingerprint density at radius 3 is 2.78 bits per heavy atom. The first kappa shape index (κ1) is 18.4. The number of fused-ring (bicyclic) bond motifs is 1. The molecule has 4 nitrogen and oxygen atoms in total. The fraction of sp³-hybridized carbons (Fsp3) is 0.409. The van der Waals surface area contributed by atoms with Crippen molar-refractivity contribution in [3.8, 4) is 0 Å². The summed E-state index contributed by atoms with van der Waals surface area (Å²) in [4.78, 5) is 15.9. The number of ether oxygens (including phenoxy) is 1. The molecule has 0 saturated carbocycles. The van der Waals surface area contributed by atoms with Crippen molar-refractivity contribution in [2.45, 2.75) is 45.9 Å². The molecule has 27 heavy (non-hydrogen) atoms. The highest BCUT2D eigenvalue weighted by Gasteiger charge is 2.21. The zero-order valence-corrected chi connectivity index (χ0v) is 16.7. The molecule has 1 atom stereocenters. The van der Waals surface area contributed by atoms with Gasteiger partial charge in [-0.25, -0.2) is 4.79 Å². The quantitative estimate of drug-likeness (QED) is 0.581. The van der Waals surface area contributed by atoms with Crippen LogP contribution in [0.1, 0.15) is 34.4 Å². The SMILES string of the molecule is Cc1cc2oc(=O)cc(CN(Cc3cccs3)C[C@H]3CCCO3)c2cc1C. The minimum atomic E-state index is -0.283. The van der Waals surface area contributed by atoms with Crippen LogP contribution >= 0.6 is 11.3 Å². The molecule has 1 fully saturated rings. The predicted molar refractivity (Wildman–Crippen MR) is 109 cm³/mol. The van der Waals surface area contributed by atoms with Gasteiger partial charge in [0.25, 0.3) is 0 Å². The average Bonchev–Trinajstić information content (AvgIpc) is 3.30. The van der Waals surface area contributed by atoms with Crippen molar-refractivity contribution in [1.82, 2.24) is 4.90 Å². The summed E-state index contributed by atoms with van der Waals surface area (Å²) in [6, 6.07) is 10.0. The highest BCUT2D eigenvalue weighted by Crippen LogP contribution is 2.25. The molecule has 4 rings (SSSR count). The summed E-state index contributed by atoms with van der Waals surface area (Å²) in [5.74, 6) is 0. The molecular weight excluding hydrogens is 358 g/mol. The Morgan fingerprint density at radius 2 is 2.04 bits per heavy atom. The van der Waals surface area contributed by atoms with E-state index in [-0.39, 0.29) is 11.7 Å². The Morgan fingerprint density at radius 1 is 1.19 bits per heavy atom. The fourth-order valence-electron chi connectivity index (χ4n) is 3.74. The largest absolute Gasteiger partial charge is 0.423 e. The van der Waals surface area contributed by atoms with Gasteiger partial charge in [-0.15, -0.1) is 11.3 Å². The average molecular weight is 384 g/mol. The van der Waals surface area contributed by atoms with Gasteiger partial charge in [-0.1, -0.05) is 6.07 Å². The monoisotopic (exact) mass is 383 g/mol. The lowest BCUT2D eigenvalue weighted by molar-refractivity contribution is 0.0683. The van der Waals surface area contributed by atoms with Crippen LogP contribution in [0.5, 0.6) is 0 Å². The van der Waals surface area contributed by atoms with Crippen molar-refractivity contribution >= 4 is 22.3 Å². The first-order chi connectivity index (χ1) is 13.1. The van der Waals surface area contributed by atoms with Crippen molar-refractivity contribution in [2.24, 2.45) is 0 Å². The van der Waals surface area contributed by atoms with E-state index in [1.807, 2.05) is 13.0 Å². The van der Waals surface area contributed by atoms with Gasteiger partial charge in [-0.3, -0.25) is 4.90 Å². The third-order valence-corrected chi connectivity index (χ3v) is 6.14. The van der Waals surface area contributed by atoms with Gasteiger partial charge in [-0.2, -0.15) is 0 Å². The van der Waals surface area contributed by atoms with Crippen LogP contribution in [-0.4, -0.2) is 24.2 Å². The normalized spacial score (nSPS) is 17.2. The Balaban J connectivity index is 1.66. The van der Waals surface area contributed by atoms with E-state index in [0.717, 1.165) is 49.1 Å². The first-order valence-electron chi connectivity index (χ1n) is 9.49. The minimum Gasteiger partial charge on any atom is -0.423 e. The van der Waals surface area contributed by atoms with Gasteiger partial charge >= 0.3 is 5.63 Å². The summed E-state index contributed by atoms with van der Waals surface area (Å²) in [5.41, 5.74) is 3.76. The van der Waals surface area contributed by atoms with Gasteiger partial charge in [0, 0.05) is 42.6 Å². The van der Waals surface area contributed by atoms with E-state index in [0.29, 0.717) is 12.1 Å². The molecule has 0 amide bonds. The van der Waals surface area contributed by atoms with E-state index in [4.69, 9.17) is 9.15 Å². The summed E-state index contributed by atoms with van der Waals surface area (Å²) >= 11 is 1.77. The zero-order chi connectivity index (χ0) is 18.8. The highest BCUT2D eigenvalue weighted by atomic mass is 32.1. The smallest absolute Gasteiger partial charge is 0.336 e. The van der Waals surface area contributed by atoms with Crippen LogP contribution in [0.25, 0.3) is 11.0 Å². The molecule has 1 saturated heterocycles. The number of thiophene rings is 1. The Kier molecular flexibility index (Phi) is 5.43. The lowest BCUT2D eigenvalue weighted by atomic mass is 10.0. The summed E-state index contributed by atoms with van der Waals surface area (Å²) < 4.78 is 11.3. The Labute approximate surface area is 163 Å². The van der Waals surface area contributed by atoms with Crippen molar-refractivity contribution in [3.05, 3.63) is 67.7 Å². The minimum absolute atomic E-state index is 0.278. The summed E-state index contributed by atoms with van der Waals surface area (Å²) in [5, 5.41) is 3.14. The van der Waals surface area contributed by atoms with Crippen LogP contribution in [0, 0.1) is 13.8 Å². The maximum atomic E-state index is 12.1. The van der Waals surface area contributed by atoms with Crippen molar-refractivity contribution in [2.75, 3.05) is 13.2 Å². The van der Waals surface area contributed by atoms with Crippen LogP contribution in [0.15, 0.2) is 44.9 Å². The third kappa shape index (κ3) is 4.32. The van der Waals surface area contributed by atoms with Gasteiger partial charge in [0.2, 0.25) is 0 Å². The molecule has 0 spiro atoms. The standard InChI is InChI=1S/C22H25NO3S/c1-15-9-20-17(11-22(24)26-21(20)10-16(15)2)12-23(13-18-5-3-7-25-18)14-19-6-4-8-27-19/h4,6,8-11,18H,3,5,7,12-14H2,1-2H3/t18-/m1/s1. The molecule has 3 heterocycles. The highest BCUT2D eigenvalue weighted by molar-refractivity contribution is 7.09. The van der Waals surface area contributed by atoms with E-state index in [1.54, 1.807) is 17.4 Å². The molecule has 2 aromatic heterocycles. The van der Waals surface area contributed by atoms with E-state index in [2.05, 4.69) is 35.4 Å². The van der Waals surface area contributed by atoms with Crippen LogP contribution in [0.2, 0.25) is 0 Å². The summed E-state index contributed by atoms with van der Waals surface area (Å²) in [6.07, 6.45) is 2.52. The number of hydrogen-bond donors (Lipinski definition) is 0. The zero-order valence-electron chi connectivity index (χ0n) is 15.9. The molecule has 0 bridgehead atoms. The van der Waals surface area contributed by atoms with E-state index < -0.39 is 0 Å². The number of benzene rings is 1. The van der Waals surface area contributed by atoms with E-state index in [9.17, 15) is 4.79 Å². The summed E-state index contributed by atoms with van der Waals surface area (Å²) in [7, 11) is 0. The molecule has 142 valence electrons. The Hall–Kier alpha value is -1.95. The van der Waals surface area contributed by atoms with Gasteiger partial charge < -0.3 is 9.15 Å². The summed E-state index contributed by atoms with van der Waals surface area (Å²) in [6.45, 7) is 7.45. The van der Waals surface area contributed by atoms with E-state index in [1.165, 1.54) is 10.4 Å². The molecule has 0 radical (unpaired) electrons. The van der Waals surface area contributed by atoms with Gasteiger partial charge in [0.1, 0.15) is 5.58 Å². The number of aryl methyl sites for hydroxylation is 2. The Bertz CT molecular complexity index is 971. The van der Waals surface area contributed by atoms with Gasteiger partial charge in [0.05, 0.1) is 6.10 Å². The van der Waals surface area contributed by atoms with Gasteiger partial charge in [-0.05, 0) is 67.0 Å². The van der Waals surface area contributed by atoms with Crippen LogP contribution in [-0.2, 0) is 17.8 Å². The second-order valence-electron chi connectivity index (χ2n) is 7.41. The molecule has 1 aliphatic rings. The van der Waals surface area contributed by atoms with Crippen molar-refractivity contribution < 1.29 is 9.15 Å². The molecule has 1 aliphatic heterocycles. The molecule has 3 aromatic rings. The second kappa shape index (κ2) is 7.97. The van der Waals surface area contributed by atoms with Crippen LogP contribution in [0.4, 0.5) is 0 Å². The lowest BCUT2D eigenvalue weighted by Gasteiger charge is -2.25. The second-order valence-corrected chi connectivity index (χ2v) is 8.44. The topological polar surface area (TPSA) is 42.7 Å². The maximum absolute atomic E-state index is 12.1. The van der Waals surface area contributed by atoms with Crippen molar-refractivity contribution in [1.29, 1.82) is 0 Å². The molecule has 0 unspecified atom stereocenters. The molecule has 5 heteroatoms. The first-order valence-corrected chi connectivity index (χ1v) is 10.4. The van der Waals surface area contributed by atoms with Gasteiger partial charge in [0.15, 0.2) is 0 Å². The number of rotatable bonds is 6. The van der Waals surface area contributed by atoms with Crippen molar-refractivity contribution in [3.63, 3.8) is 0 Å². The van der Waals surface area contributed by atoms with Crippen LogP contribution < -0.4 is 5.63 Å². The molecule has 1 aromatic carbocycles. The fourth-order valence-corrected chi connectivity index (χ4v) is 4.49. The predicted octanol–water partition coefficient (Wildman–Crippen LogP) is 4.65. The third-order valence-electron chi connectivity index (χ3n) is 5.28. The number of nitrogens with zero attached hydrogens (tertiary/aromatic N) is 1. The maximum Gasteiger partial charge on any atom is 0.336 e. The molecule has 0 N–H and O–H groups in total. The molecule has 0 aliphatic carbocycles. The lowest BCUT2D eigenvalue weighted by Crippen LogP contribution is -2.31. The van der Waals surface area contributed by atoms with Crippen LogP contribution in [0.3, 0.4) is 0 Å².